The van der Waals surface area contributed by atoms with Crippen molar-refractivity contribution >= 4 is 21.7 Å². The van der Waals surface area contributed by atoms with Gasteiger partial charge in [-0.3, -0.25) is 15.1 Å². The molecule has 24 heavy (non-hydrogen) atoms. The predicted octanol–water partition coefficient (Wildman–Crippen LogP) is 3.37. The molecule has 2 rings (SSSR count). The summed E-state index contributed by atoms with van der Waals surface area (Å²) in [5.41, 5.74) is 2.84. The number of aliphatic imine (C=N–C) groups is 1. The zero-order chi connectivity index (χ0) is 17.9. The highest BCUT2D eigenvalue weighted by Gasteiger charge is 2.15. The molecule has 0 saturated heterocycles. The minimum absolute atomic E-state index is 0.0883. The van der Waals surface area contributed by atoms with E-state index in [1.54, 1.807) is 25.1 Å². The van der Waals surface area contributed by atoms with E-state index in [0.29, 0.717) is 5.56 Å². The van der Waals surface area contributed by atoms with E-state index in [9.17, 15) is 18.5 Å². The maximum Gasteiger partial charge on any atom is 0.278 e. The van der Waals surface area contributed by atoms with Gasteiger partial charge >= 0.3 is 0 Å². The Morgan fingerprint density at radius 3 is 2.25 bits per heavy atom. The van der Waals surface area contributed by atoms with E-state index in [1.165, 1.54) is 24.4 Å². The Morgan fingerprint density at radius 2 is 1.67 bits per heavy atom. The van der Waals surface area contributed by atoms with Crippen LogP contribution in [0, 0.1) is 30.9 Å². The highest BCUT2D eigenvalue weighted by molar-refractivity contribution is 7.91. The Balaban J connectivity index is 2.27. The summed E-state index contributed by atoms with van der Waals surface area (Å²) in [4.78, 5) is 14.7. The lowest BCUT2D eigenvalue weighted by Crippen LogP contribution is -2.05. The van der Waals surface area contributed by atoms with Gasteiger partial charge in [-0.05, 0) is 50.1 Å². The predicted molar refractivity (Wildman–Crippen MR) is 93.4 cm³/mol. The lowest BCUT2D eigenvalue weighted by Gasteiger charge is -2.04. The third kappa shape index (κ3) is 4.05. The Hall–Kier alpha value is -2.54. The molecule has 0 fully saturated rings. The van der Waals surface area contributed by atoms with Gasteiger partial charge in [0, 0.05) is 12.3 Å². The van der Waals surface area contributed by atoms with Gasteiger partial charge in [-0.2, -0.15) is 0 Å². The molecule has 0 N–H and O–H groups in total. The van der Waals surface area contributed by atoms with Gasteiger partial charge < -0.3 is 0 Å². The molecule has 0 radical (unpaired) electrons. The molecule has 0 saturated carbocycles. The number of hydrogen-bond donors (Lipinski definition) is 0. The largest absolute Gasteiger partial charge is 0.278 e. The van der Waals surface area contributed by atoms with Crippen LogP contribution in [0.1, 0.15) is 22.3 Å². The molecule has 0 spiro atoms. The van der Waals surface area contributed by atoms with E-state index in [-0.39, 0.29) is 10.6 Å². The minimum atomic E-state index is -3.57. The molecule has 6 nitrogen and oxygen atoms in total. The molecule has 2 aromatic carbocycles. The van der Waals surface area contributed by atoms with Crippen LogP contribution >= 0.6 is 0 Å². The summed E-state index contributed by atoms with van der Waals surface area (Å²) in [7, 11) is -3.57. The fraction of sp³-hybridized carbons (Fsp3) is 0.235. The molecule has 2 aromatic rings. The molecule has 0 unspecified atom stereocenters. The molecule has 0 amide bonds. The fourth-order valence-electron chi connectivity index (χ4n) is 2.14. The van der Waals surface area contributed by atoms with Crippen LogP contribution < -0.4 is 0 Å². The van der Waals surface area contributed by atoms with Crippen molar-refractivity contribution in [3.8, 4) is 0 Å². The van der Waals surface area contributed by atoms with Crippen molar-refractivity contribution < 1.29 is 13.3 Å². The van der Waals surface area contributed by atoms with Gasteiger partial charge in [-0.1, -0.05) is 17.7 Å². The second-order valence-electron chi connectivity index (χ2n) is 5.62. The van der Waals surface area contributed by atoms with Crippen molar-refractivity contribution in [2.75, 3.05) is 5.88 Å². The Bertz CT molecular complexity index is 901. The zero-order valence-corrected chi connectivity index (χ0v) is 14.5. The molecule has 7 heteroatoms. The third-order valence-corrected chi connectivity index (χ3v) is 5.17. The van der Waals surface area contributed by atoms with Gasteiger partial charge in [0.25, 0.3) is 5.69 Å². The average Bonchev–Trinajstić information content (AvgIpc) is 2.50. The maximum atomic E-state index is 12.2. The third-order valence-electron chi connectivity index (χ3n) is 3.69. The summed E-state index contributed by atoms with van der Waals surface area (Å²) in [6, 6.07) is 9.58. The molecule has 0 aromatic heterocycles. The van der Waals surface area contributed by atoms with Crippen LogP contribution in [0.15, 0.2) is 46.3 Å². The lowest BCUT2D eigenvalue weighted by molar-refractivity contribution is -0.385. The average molecular weight is 346 g/mol. The molecule has 126 valence electrons. The lowest BCUT2D eigenvalue weighted by atomic mass is 10.0. The first-order valence-corrected chi connectivity index (χ1v) is 8.91. The molecular formula is C17H18N2O4S. The van der Waals surface area contributed by atoms with E-state index in [4.69, 9.17) is 0 Å². The topological polar surface area (TPSA) is 89.6 Å². The second-order valence-corrected chi connectivity index (χ2v) is 7.58. The van der Waals surface area contributed by atoms with E-state index < -0.39 is 20.6 Å². The molecule has 0 heterocycles. The monoisotopic (exact) mass is 346 g/mol. The number of nitro groups is 1. The molecule has 0 aliphatic rings. The van der Waals surface area contributed by atoms with Crippen molar-refractivity contribution in [3.63, 3.8) is 0 Å². The Kier molecular flexibility index (Phi) is 5.14. The summed E-state index contributed by atoms with van der Waals surface area (Å²) in [6.45, 7) is 5.48. The summed E-state index contributed by atoms with van der Waals surface area (Å²) < 4.78 is 24.5. The van der Waals surface area contributed by atoms with Crippen molar-refractivity contribution in [2.45, 2.75) is 25.7 Å². The van der Waals surface area contributed by atoms with Gasteiger partial charge in [0.15, 0.2) is 9.84 Å². The number of nitrogens with zero attached hydrogens (tertiary/aromatic N) is 2. The Morgan fingerprint density at radius 1 is 1.08 bits per heavy atom. The van der Waals surface area contributed by atoms with Crippen LogP contribution in [0.25, 0.3) is 0 Å². The zero-order valence-electron chi connectivity index (χ0n) is 13.7. The van der Waals surface area contributed by atoms with Gasteiger partial charge in [0.2, 0.25) is 0 Å². The summed E-state index contributed by atoms with van der Waals surface area (Å²) >= 11 is 0. The normalized spacial score (nSPS) is 11.8. The summed E-state index contributed by atoms with van der Waals surface area (Å²) in [5, 5.41) is 11.1. The summed E-state index contributed by atoms with van der Waals surface area (Å²) in [5.74, 6) is -0.458. The minimum Gasteiger partial charge on any atom is -0.276 e. The van der Waals surface area contributed by atoms with Gasteiger partial charge in [0.1, 0.15) is 5.88 Å². The number of benzene rings is 2. The Labute approximate surface area is 140 Å². The van der Waals surface area contributed by atoms with Crippen molar-refractivity contribution in [3.05, 3.63) is 68.8 Å². The number of aryl methyl sites for hydroxylation is 3. The number of nitro benzene ring substituents is 1. The van der Waals surface area contributed by atoms with Crippen LogP contribution in [0.4, 0.5) is 5.69 Å². The second kappa shape index (κ2) is 6.92. The van der Waals surface area contributed by atoms with Crippen LogP contribution in [-0.2, 0) is 9.84 Å². The maximum absolute atomic E-state index is 12.2. The first kappa shape index (κ1) is 17.8. The standard InChI is InChI=1S/C17H18N2O4S/c1-12-4-6-16(7-5-12)24(22,23)11-18-10-15-8-13(2)14(3)9-17(15)19(20)21/h4-10H,11H2,1-3H3. The quantitative estimate of drug-likeness (QED) is 0.471. The van der Waals surface area contributed by atoms with Crippen LogP contribution in [0.3, 0.4) is 0 Å². The SMILES string of the molecule is Cc1ccc(S(=O)(=O)CN=Cc2cc(C)c(C)cc2[N+](=O)[O-])cc1. The molecule has 0 aliphatic heterocycles. The van der Waals surface area contributed by atoms with Crippen LogP contribution in [-0.4, -0.2) is 25.4 Å². The van der Waals surface area contributed by atoms with E-state index in [0.717, 1.165) is 16.7 Å². The van der Waals surface area contributed by atoms with Crippen LogP contribution in [0.2, 0.25) is 0 Å². The first-order valence-electron chi connectivity index (χ1n) is 7.25. The number of hydrogen-bond acceptors (Lipinski definition) is 5. The van der Waals surface area contributed by atoms with Gasteiger partial charge in [-0.25, -0.2) is 8.42 Å². The first-order chi connectivity index (χ1) is 11.2. The number of sulfone groups is 1. The van der Waals surface area contributed by atoms with Crippen LogP contribution in [0.5, 0.6) is 0 Å². The molecular weight excluding hydrogens is 328 g/mol. The van der Waals surface area contributed by atoms with Crippen molar-refractivity contribution in [2.24, 2.45) is 4.99 Å². The molecule has 0 atom stereocenters. The smallest absolute Gasteiger partial charge is 0.276 e. The van der Waals surface area contributed by atoms with Gasteiger partial charge in [-0.15, -0.1) is 0 Å². The van der Waals surface area contributed by atoms with Crippen molar-refractivity contribution in [1.82, 2.24) is 0 Å². The molecule has 0 bridgehead atoms. The summed E-state index contributed by atoms with van der Waals surface area (Å²) in [6.07, 6.45) is 1.25. The van der Waals surface area contributed by atoms with E-state index in [1.807, 2.05) is 13.8 Å². The highest BCUT2D eigenvalue weighted by atomic mass is 32.2. The van der Waals surface area contributed by atoms with E-state index >= 15 is 0 Å². The van der Waals surface area contributed by atoms with Crippen molar-refractivity contribution in [1.29, 1.82) is 0 Å². The highest BCUT2D eigenvalue weighted by Crippen LogP contribution is 2.22. The van der Waals surface area contributed by atoms with E-state index in [2.05, 4.69) is 4.99 Å². The fourth-order valence-corrected chi connectivity index (χ4v) is 3.11. The number of rotatable bonds is 5. The van der Waals surface area contributed by atoms with Gasteiger partial charge in [0.05, 0.1) is 15.4 Å². The molecule has 0 aliphatic carbocycles.